The lowest BCUT2D eigenvalue weighted by Gasteiger charge is -1.97. The van der Waals surface area contributed by atoms with Crippen LogP contribution < -0.4 is 5.32 Å². The third-order valence-electron chi connectivity index (χ3n) is 0.922. The molecule has 0 aliphatic carbocycles. The van der Waals surface area contributed by atoms with Crippen molar-refractivity contribution in [3.05, 3.63) is 0 Å². The molecule has 0 aliphatic heterocycles. The molecule has 4 nitrogen and oxygen atoms in total. The number of amides is 1. The van der Waals surface area contributed by atoms with E-state index in [-0.39, 0.29) is 0 Å². The van der Waals surface area contributed by atoms with E-state index < -0.39 is 6.09 Å². The van der Waals surface area contributed by atoms with Gasteiger partial charge in [-0.15, -0.1) is 0 Å². The van der Waals surface area contributed by atoms with Crippen molar-refractivity contribution in [2.45, 2.75) is 6.42 Å². The van der Waals surface area contributed by atoms with Gasteiger partial charge >= 0.3 is 6.09 Å². The van der Waals surface area contributed by atoms with E-state index in [2.05, 4.69) is 5.32 Å². The lowest BCUT2D eigenvalue weighted by Crippen LogP contribution is -2.22. The smallest absolute Gasteiger partial charge is 0.318 e. The van der Waals surface area contributed by atoms with Gasteiger partial charge in [-0.3, -0.25) is 0 Å². The lowest BCUT2D eigenvalue weighted by molar-refractivity contribution is 0.169. The van der Waals surface area contributed by atoms with Crippen LogP contribution in [0.4, 0.5) is 4.79 Å². The molecule has 0 unspecified atom stereocenters. The van der Waals surface area contributed by atoms with Gasteiger partial charge in [-0.05, 0) is 18.4 Å². The van der Waals surface area contributed by atoms with Crippen LogP contribution >= 0.6 is 11.8 Å². The molecule has 0 aromatic rings. The Morgan fingerprint density at radius 3 is 2.82 bits per heavy atom. The number of hydrogen-bond acceptors (Lipinski definition) is 3. The van der Waals surface area contributed by atoms with Crippen LogP contribution in [0.25, 0.3) is 0 Å². The summed E-state index contributed by atoms with van der Waals surface area (Å²) in [6.07, 6.45) is 0.868. The summed E-state index contributed by atoms with van der Waals surface area (Å²) in [5.74, 6) is 1.61. The largest absolute Gasteiger partial charge is 0.450 e. The average Bonchev–Trinajstić information content (AvgIpc) is 1.96. The fourth-order valence-electron chi connectivity index (χ4n) is 0.470. The van der Waals surface area contributed by atoms with Crippen LogP contribution in [-0.2, 0) is 5.11 Å². The Morgan fingerprint density at radius 1 is 1.55 bits per heavy atom. The van der Waals surface area contributed by atoms with Gasteiger partial charge in [-0.25, -0.2) is 9.90 Å². The SMILES string of the molecule is N=CCCSCCNC([O])=O. The Kier molecular flexibility index (Phi) is 6.92. The van der Waals surface area contributed by atoms with E-state index in [0.717, 1.165) is 17.9 Å². The summed E-state index contributed by atoms with van der Waals surface area (Å²) >= 11 is 1.61. The molecule has 0 bridgehead atoms. The van der Waals surface area contributed by atoms with Crippen molar-refractivity contribution in [3.63, 3.8) is 0 Å². The number of carbonyl (C=O) groups excluding carboxylic acids is 1. The highest BCUT2D eigenvalue weighted by molar-refractivity contribution is 7.99. The minimum absolute atomic E-state index is 0.422. The van der Waals surface area contributed by atoms with Gasteiger partial charge in [-0.1, -0.05) is 0 Å². The predicted molar refractivity (Wildman–Crippen MR) is 44.8 cm³/mol. The van der Waals surface area contributed by atoms with E-state index in [0.29, 0.717) is 6.54 Å². The summed E-state index contributed by atoms with van der Waals surface area (Å²) in [6, 6.07) is 0. The molecule has 0 saturated carbocycles. The lowest BCUT2D eigenvalue weighted by atomic mass is 10.5. The van der Waals surface area contributed by atoms with E-state index in [1.165, 1.54) is 6.21 Å². The topological polar surface area (TPSA) is 72.8 Å². The molecular formula is C6H11N2O2S. The highest BCUT2D eigenvalue weighted by Crippen LogP contribution is 1.98. The van der Waals surface area contributed by atoms with E-state index in [1.807, 2.05) is 0 Å². The third-order valence-corrected chi connectivity index (χ3v) is 1.94. The van der Waals surface area contributed by atoms with Gasteiger partial charge in [0.2, 0.25) is 0 Å². The molecule has 0 aliphatic rings. The quantitative estimate of drug-likeness (QED) is 0.465. The molecular weight excluding hydrogens is 164 g/mol. The van der Waals surface area contributed by atoms with Crippen LogP contribution in [-0.4, -0.2) is 30.4 Å². The molecule has 2 N–H and O–H groups in total. The molecule has 0 atom stereocenters. The van der Waals surface area contributed by atoms with Gasteiger partial charge in [0.1, 0.15) is 0 Å². The van der Waals surface area contributed by atoms with Crippen LogP contribution in [0.2, 0.25) is 0 Å². The van der Waals surface area contributed by atoms with Crippen LogP contribution in [0.5, 0.6) is 0 Å². The number of hydrogen-bond donors (Lipinski definition) is 2. The van der Waals surface area contributed by atoms with Crippen molar-refractivity contribution in [2.24, 2.45) is 0 Å². The Hall–Kier alpha value is -0.710. The molecule has 0 fully saturated rings. The van der Waals surface area contributed by atoms with Gasteiger partial charge in [0.05, 0.1) is 0 Å². The number of nitrogens with one attached hydrogen (secondary N) is 2. The Bertz CT molecular complexity index is 130. The molecule has 0 rings (SSSR count). The first-order valence-electron chi connectivity index (χ1n) is 3.29. The molecule has 1 amide bonds. The highest BCUT2D eigenvalue weighted by atomic mass is 32.2. The molecule has 63 valence electrons. The number of thioether (sulfide) groups is 1. The summed E-state index contributed by atoms with van der Waals surface area (Å²) in [7, 11) is 0. The van der Waals surface area contributed by atoms with E-state index in [1.54, 1.807) is 11.8 Å². The van der Waals surface area contributed by atoms with Crippen molar-refractivity contribution in [1.82, 2.24) is 5.32 Å². The van der Waals surface area contributed by atoms with Gasteiger partial charge in [0, 0.05) is 12.3 Å². The average molecular weight is 175 g/mol. The van der Waals surface area contributed by atoms with Crippen molar-refractivity contribution in [2.75, 3.05) is 18.1 Å². The van der Waals surface area contributed by atoms with Gasteiger partial charge in [-0.2, -0.15) is 11.8 Å². The Morgan fingerprint density at radius 2 is 2.27 bits per heavy atom. The molecule has 0 aromatic heterocycles. The molecule has 0 saturated heterocycles. The maximum absolute atomic E-state index is 9.82. The van der Waals surface area contributed by atoms with Gasteiger partial charge in [0.15, 0.2) is 0 Å². The second-order valence-electron chi connectivity index (χ2n) is 1.82. The molecule has 0 aromatic carbocycles. The Labute approximate surface area is 69.9 Å². The Balaban J connectivity index is 2.90. The van der Waals surface area contributed by atoms with Crippen molar-refractivity contribution < 1.29 is 9.90 Å². The first-order valence-corrected chi connectivity index (χ1v) is 4.44. The highest BCUT2D eigenvalue weighted by Gasteiger charge is 1.94. The number of carbonyl (C=O) groups is 1. The first kappa shape index (κ1) is 10.3. The summed E-state index contributed by atoms with van der Waals surface area (Å²) in [4.78, 5) is 9.82. The maximum atomic E-state index is 9.82. The summed E-state index contributed by atoms with van der Waals surface area (Å²) in [6.45, 7) is 0.422. The van der Waals surface area contributed by atoms with Crippen molar-refractivity contribution in [3.8, 4) is 0 Å². The fourth-order valence-corrected chi connectivity index (χ4v) is 1.20. The second kappa shape index (κ2) is 7.40. The minimum atomic E-state index is -1.22. The molecule has 1 radical (unpaired) electrons. The fraction of sp³-hybridized carbons (Fsp3) is 0.667. The zero-order valence-electron chi connectivity index (χ0n) is 6.13. The van der Waals surface area contributed by atoms with E-state index in [9.17, 15) is 9.90 Å². The molecule has 0 heterocycles. The summed E-state index contributed by atoms with van der Waals surface area (Å²) in [5.41, 5.74) is 0. The zero-order valence-corrected chi connectivity index (χ0v) is 6.95. The van der Waals surface area contributed by atoms with Crippen molar-refractivity contribution in [1.29, 1.82) is 5.41 Å². The van der Waals surface area contributed by atoms with Crippen LogP contribution in [0.1, 0.15) is 6.42 Å². The summed E-state index contributed by atoms with van der Waals surface area (Å²) in [5, 5.41) is 18.7. The van der Waals surface area contributed by atoms with Crippen molar-refractivity contribution >= 4 is 24.1 Å². The van der Waals surface area contributed by atoms with Crippen LogP contribution in [0, 0.1) is 5.41 Å². The predicted octanol–water partition coefficient (Wildman–Crippen LogP) is 0.899. The maximum Gasteiger partial charge on any atom is 0.450 e. The monoisotopic (exact) mass is 175 g/mol. The van der Waals surface area contributed by atoms with E-state index in [4.69, 9.17) is 5.41 Å². The third kappa shape index (κ3) is 9.29. The molecule has 0 spiro atoms. The van der Waals surface area contributed by atoms with Gasteiger partial charge < -0.3 is 10.7 Å². The molecule has 11 heavy (non-hydrogen) atoms. The van der Waals surface area contributed by atoms with Crippen LogP contribution in [0.3, 0.4) is 0 Å². The zero-order chi connectivity index (χ0) is 8.53. The standard InChI is InChI=1S/C6H11N2O2S/c7-2-1-4-11-5-3-8-6(9)10/h2,7-8H,1,3-5H2. The van der Waals surface area contributed by atoms with Gasteiger partial charge in [0.25, 0.3) is 0 Å². The van der Waals surface area contributed by atoms with E-state index >= 15 is 0 Å². The minimum Gasteiger partial charge on any atom is -0.318 e. The first-order chi connectivity index (χ1) is 5.27. The van der Waals surface area contributed by atoms with Crippen LogP contribution in [0.15, 0.2) is 0 Å². The molecule has 5 heteroatoms. The normalized spacial score (nSPS) is 9.09. The summed E-state index contributed by atoms with van der Waals surface area (Å²) < 4.78 is 0. The number of rotatable bonds is 6. The second-order valence-corrected chi connectivity index (χ2v) is 3.04.